The molecule has 0 aliphatic rings. The van der Waals surface area contributed by atoms with E-state index in [1.165, 1.54) is 12.1 Å². The molecule has 0 radical (unpaired) electrons. The molecule has 5 heteroatoms. The van der Waals surface area contributed by atoms with Crippen molar-refractivity contribution in [1.82, 2.24) is 10.6 Å². The van der Waals surface area contributed by atoms with Crippen molar-refractivity contribution in [2.75, 3.05) is 26.8 Å². The van der Waals surface area contributed by atoms with Gasteiger partial charge in [0.15, 0.2) is 0 Å². The first-order valence-corrected chi connectivity index (χ1v) is 5.88. The van der Waals surface area contributed by atoms with Gasteiger partial charge in [0, 0.05) is 19.7 Å². The lowest BCUT2D eigenvalue weighted by atomic mass is 10.1. The van der Waals surface area contributed by atoms with Crippen LogP contribution in [0, 0.1) is 5.82 Å². The number of nitrogens with one attached hydrogen (secondary N) is 2. The van der Waals surface area contributed by atoms with Crippen LogP contribution < -0.4 is 10.6 Å². The third kappa shape index (κ3) is 5.25. The van der Waals surface area contributed by atoms with Crippen molar-refractivity contribution >= 4 is 5.91 Å². The maximum atomic E-state index is 13.0. The van der Waals surface area contributed by atoms with E-state index >= 15 is 0 Å². The maximum Gasteiger partial charge on any atom is 0.234 e. The number of methoxy groups -OCH3 is 1. The van der Waals surface area contributed by atoms with Crippen LogP contribution >= 0.6 is 0 Å². The summed E-state index contributed by atoms with van der Waals surface area (Å²) < 4.78 is 17.8. The van der Waals surface area contributed by atoms with Gasteiger partial charge in [-0.25, -0.2) is 4.39 Å². The molecule has 100 valence electrons. The van der Waals surface area contributed by atoms with Crippen molar-refractivity contribution in [3.8, 4) is 0 Å². The molecule has 0 aliphatic carbocycles. The van der Waals surface area contributed by atoms with Gasteiger partial charge in [0.25, 0.3) is 0 Å². The SMILES string of the molecule is COCCNC(=O)CN[C@@H](C)c1cccc(F)c1. The summed E-state index contributed by atoms with van der Waals surface area (Å²) in [7, 11) is 1.58. The monoisotopic (exact) mass is 254 g/mol. The molecule has 0 unspecified atom stereocenters. The van der Waals surface area contributed by atoms with Crippen molar-refractivity contribution < 1.29 is 13.9 Å². The summed E-state index contributed by atoms with van der Waals surface area (Å²) in [6, 6.07) is 6.26. The second-order valence-corrected chi connectivity index (χ2v) is 4.00. The molecule has 0 saturated heterocycles. The molecule has 0 bridgehead atoms. The minimum Gasteiger partial charge on any atom is -0.383 e. The van der Waals surface area contributed by atoms with Gasteiger partial charge in [-0.2, -0.15) is 0 Å². The van der Waals surface area contributed by atoms with Crippen LogP contribution in [0.15, 0.2) is 24.3 Å². The van der Waals surface area contributed by atoms with E-state index < -0.39 is 0 Å². The van der Waals surface area contributed by atoms with Gasteiger partial charge in [-0.1, -0.05) is 12.1 Å². The van der Waals surface area contributed by atoms with E-state index in [0.717, 1.165) is 5.56 Å². The smallest absolute Gasteiger partial charge is 0.234 e. The van der Waals surface area contributed by atoms with Gasteiger partial charge in [-0.05, 0) is 24.6 Å². The zero-order valence-electron chi connectivity index (χ0n) is 10.7. The largest absolute Gasteiger partial charge is 0.383 e. The highest BCUT2D eigenvalue weighted by Gasteiger charge is 2.07. The second kappa shape index (κ2) is 7.79. The van der Waals surface area contributed by atoms with Crippen molar-refractivity contribution in [3.63, 3.8) is 0 Å². The van der Waals surface area contributed by atoms with Gasteiger partial charge in [0.05, 0.1) is 13.2 Å². The van der Waals surface area contributed by atoms with Gasteiger partial charge in [-0.3, -0.25) is 4.79 Å². The summed E-state index contributed by atoms with van der Waals surface area (Å²) in [5.41, 5.74) is 0.819. The molecule has 0 spiro atoms. The Bertz CT molecular complexity index is 385. The number of carbonyl (C=O) groups is 1. The Hall–Kier alpha value is -1.46. The normalized spacial score (nSPS) is 12.2. The molecule has 0 heterocycles. The van der Waals surface area contributed by atoms with Crippen molar-refractivity contribution in [2.24, 2.45) is 0 Å². The lowest BCUT2D eigenvalue weighted by molar-refractivity contribution is -0.120. The lowest BCUT2D eigenvalue weighted by Gasteiger charge is -2.14. The fourth-order valence-electron chi connectivity index (χ4n) is 1.49. The summed E-state index contributed by atoms with van der Waals surface area (Å²) in [5, 5.41) is 5.73. The minimum absolute atomic E-state index is 0.0751. The summed E-state index contributed by atoms with van der Waals surface area (Å²) in [6.07, 6.45) is 0. The molecular formula is C13H19FN2O2. The maximum absolute atomic E-state index is 13.0. The highest BCUT2D eigenvalue weighted by molar-refractivity contribution is 5.78. The van der Waals surface area contributed by atoms with Crippen LogP contribution in [0.5, 0.6) is 0 Å². The van der Waals surface area contributed by atoms with E-state index in [-0.39, 0.29) is 24.3 Å². The van der Waals surface area contributed by atoms with Crippen molar-refractivity contribution in [1.29, 1.82) is 0 Å². The predicted octanol–water partition coefficient (Wildman–Crippen LogP) is 1.24. The first kappa shape index (κ1) is 14.6. The zero-order valence-corrected chi connectivity index (χ0v) is 10.7. The molecule has 0 saturated carbocycles. The topological polar surface area (TPSA) is 50.4 Å². The molecule has 1 aromatic carbocycles. The Morgan fingerprint density at radius 2 is 2.28 bits per heavy atom. The fraction of sp³-hybridized carbons (Fsp3) is 0.462. The number of carbonyl (C=O) groups excluding carboxylic acids is 1. The van der Waals surface area contributed by atoms with Crippen LogP contribution in [0.4, 0.5) is 4.39 Å². The summed E-state index contributed by atoms with van der Waals surface area (Å²) in [4.78, 5) is 11.4. The molecule has 18 heavy (non-hydrogen) atoms. The highest BCUT2D eigenvalue weighted by Crippen LogP contribution is 2.12. The molecule has 1 aromatic rings. The van der Waals surface area contributed by atoms with Gasteiger partial charge in [-0.15, -0.1) is 0 Å². The molecule has 1 rings (SSSR count). The molecule has 1 atom stereocenters. The van der Waals surface area contributed by atoms with Crippen LogP contribution in [-0.2, 0) is 9.53 Å². The predicted molar refractivity (Wildman–Crippen MR) is 67.7 cm³/mol. The molecule has 0 fully saturated rings. The Labute approximate surface area is 107 Å². The average Bonchev–Trinajstić information content (AvgIpc) is 2.36. The molecule has 0 aromatic heterocycles. The Morgan fingerprint density at radius 1 is 1.50 bits per heavy atom. The van der Waals surface area contributed by atoms with Crippen LogP contribution in [0.3, 0.4) is 0 Å². The summed E-state index contributed by atoms with van der Waals surface area (Å²) in [6.45, 7) is 3.06. The van der Waals surface area contributed by atoms with Crippen LogP contribution in [0.25, 0.3) is 0 Å². The van der Waals surface area contributed by atoms with E-state index in [1.807, 2.05) is 13.0 Å². The van der Waals surface area contributed by atoms with E-state index in [0.29, 0.717) is 13.2 Å². The van der Waals surface area contributed by atoms with Gasteiger partial charge in [0.2, 0.25) is 5.91 Å². The summed E-state index contributed by atoms with van der Waals surface area (Å²) >= 11 is 0. The van der Waals surface area contributed by atoms with E-state index in [1.54, 1.807) is 13.2 Å². The minimum atomic E-state index is -0.273. The van der Waals surface area contributed by atoms with E-state index in [4.69, 9.17) is 4.74 Å². The van der Waals surface area contributed by atoms with Crippen molar-refractivity contribution in [3.05, 3.63) is 35.6 Å². The number of hydrogen-bond acceptors (Lipinski definition) is 3. The Balaban J connectivity index is 2.32. The second-order valence-electron chi connectivity index (χ2n) is 4.00. The van der Waals surface area contributed by atoms with Gasteiger partial charge in [0.1, 0.15) is 5.82 Å². The summed E-state index contributed by atoms with van der Waals surface area (Å²) in [5.74, 6) is -0.374. The van der Waals surface area contributed by atoms with Crippen LogP contribution in [0.1, 0.15) is 18.5 Å². The van der Waals surface area contributed by atoms with Gasteiger partial charge >= 0.3 is 0 Å². The first-order chi connectivity index (χ1) is 8.63. The van der Waals surface area contributed by atoms with Crippen molar-refractivity contribution in [2.45, 2.75) is 13.0 Å². The molecule has 0 aliphatic heterocycles. The first-order valence-electron chi connectivity index (χ1n) is 5.88. The third-order valence-electron chi connectivity index (χ3n) is 2.55. The van der Waals surface area contributed by atoms with E-state index in [9.17, 15) is 9.18 Å². The average molecular weight is 254 g/mol. The number of rotatable bonds is 7. The standard InChI is InChI=1S/C13H19FN2O2/c1-10(11-4-3-5-12(14)8-11)16-9-13(17)15-6-7-18-2/h3-5,8,10,16H,6-7,9H2,1-2H3,(H,15,17)/t10-/m0/s1. The van der Waals surface area contributed by atoms with Gasteiger partial charge < -0.3 is 15.4 Å². The van der Waals surface area contributed by atoms with Crippen LogP contribution in [0.2, 0.25) is 0 Å². The quantitative estimate of drug-likeness (QED) is 0.720. The Kier molecular flexibility index (Phi) is 6.32. The highest BCUT2D eigenvalue weighted by atomic mass is 19.1. The molecule has 2 N–H and O–H groups in total. The van der Waals surface area contributed by atoms with E-state index in [2.05, 4.69) is 10.6 Å². The number of ether oxygens (including phenoxy) is 1. The third-order valence-corrected chi connectivity index (χ3v) is 2.55. The fourth-order valence-corrected chi connectivity index (χ4v) is 1.49. The number of benzene rings is 1. The molecule has 4 nitrogen and oxygen atoms in total. The number of amides is 1. The zero-order chi connectivity index (χ0) is 13.4. The number of hydrogen-bond donors (Lipinski definition) is 2. The lowest BCUT2D eigenvalue weighted by Crippen LogP contribution is -2.36. The Morgan fingerprint density at radius 3 is 2.94 bits per heavy atom. The number of halogens is 1. The molecular weight excluding hydrogens is 235 g/mol. The molecule has 1 amide bonds. The van der Waals surface area contributed by atoms with Crippen LogP contribution in [-0.4, -0.2) is 32.7 Å².